The number of ether oxygens (including phenoxy) is 1. The summed E-state index contributed by atoms with van der Waals surface area (Å²) in [5.41, 5.74) is 0.619. The molecule has 3 nitrogen and oxygen atoms in total. The summed E-state index contributed by atoms with van der Waals surface area (Å²) in [6.45, 7) is 6.82. The minimum absolute atomic E-state index is 0.0531. The highest BCUT2D eigenvalue weighted by molar-refractivity contribution is 5.97. The maximum absolute atomic E-state index is 12.1. The fourth-order valence-corrected chi connectivity index (χ4v) is 1.80. The maximum atomic E-state index is 12.1. The van der Waals surface area contributed by atoms with Crippen LogP contribution in [0.15, 0.2) is 24.3 Å². The second kappa shape index (κ2) is 7.75. The van der Waals surface area contributed by atoms with Crippen molar-refractivity contribution in [1.29, 1.82) is 0 Å². The van der Waals surface area contributed by atoms with Crippen LogP contribution in [0.2, 0.25) is 0 Å². The van der Waals surface area contributed by atoms with Crippen molar-refractivity contribution in [3.63, 3.8) is 0 Å². The number of nitrogens with one attached hydrogen (secondary N) is 1. The van der Waals surface area contributed by atoms with Gasteiger partial charge in [-0.25, -0.2) is 0 Å². The average Bonchev–Trinajstić information content (AvgIpc) is 2.36. The summed E-state index contributed by atoms with van der Waals surface area (Å²) in [7, 11) is 0. The van der Waals surface area contributed by atoms with Gasteiger partial charge in [-0.15, -0.1) is 0 Å². The van der Waals surface area contributed by atoms with Crippen LogP contribution < -0.4 is 10.1 Å². The van der Waals surface area contributed by atoms with Crippen LogP contribution in [0.3, 0.4) is 0 Å². The molecule has 0 spiro atoms. The van der Waals surface area contributed by atoms with Gasteiger partial charge in [-0.1, -0.05) is 32.4 Å². The minimum atomic E-state index is -0.0531. The van der Waals surface area contributed by atoms with Crippen molar-refractivity contribution in [3.05, 3.63) is 29.8 Å². The first kappa shape index (κ1) is 14.6. The predicted molar refractivity (Wildman–Crippen MR) is 74.1 cm³/mol. The van der Waals surface area contributed by atoms with E-state index in [0.29, 0.717) is 17.9 Å². The summed E-state index contributed by atoms with van der Waals surface area (Å²) in [6.07, 6.45) is 2.99. The molecule has 1 N–H and O–H groups in total. The largest absolute Gasteiger partial charge is 0.493 e. The van der Waals surface area contributed by atoms with Crippen molar-refractivity contribution in [2.24, 2.45) is 0 Å². The Hall–Kier alpha value is -1.51. The highest BCUT2D eigenvalue weighted by Crippen LogP contribution is 2.18. The molecule has 0 aliphatic rings. The molecule has 0 saturated carbocycles. The smallest absolute Gasteiger partial charge is 0.255 e. The molecule has 1 aromatic carbocycles. The van der Waals surface area contributed by atoms with E-state index in [4.69, 9.17) is 4.74 Å². The highest BCUT2D eigenvalue weighted by Gasteiger charge is 2.13. The van der Waals surface area contributed by atoms with Crippen LogP contribution in [0.5, 0.6) is 5.75 Å². The average molecular weight is 249 g/mol. The molecule has 0 aliphatic heterocycles. The molecule has 0 aromatic heterocycles. The van der Waals surface area contributed by atoms with E-state index in [0.717, 1.165) is 19.3 Å². The van der Waals surface area contributed by atoms with Crippen LogP contribution in [0, 0.1) is 0 Å². The SMILES string of the molecule is CCCOc1ccccc1C(=O)NC(C)CCC. The molecule has 1 amide bonds. The Morgan fingerprint density at radius 2 is 2.00 bits per heavy atom. The molecular weight excluding hydrogens is 226 g/mol. The number of amides is 1. The Morgan fingerprint density at radius 3 is 2.67 bits per heavy atom. The van der Waals surface area contributed by atoms with E-state index >= 15 is 0 Å². The Bertz CT molecular complexity index is 377. The Morgan fingerprint density at radius 1 is 1.28 bits per heavy atom. The molecule has 0 heterocycles. The van der Waals surface area contributed by atoms with Crippen LogP contribution in [-0.2, 0) is 0 Å². The zero-order valence-electron chi connectivity index (χ0n) is 11.5. The van der Waals surface area contributed by atoms with Crippen LogP contribution in [-0.4, -0.2) is 18.6 Å². The number of carbonyl (C=O) groups is 1. The Balaban J connectivity index is 2.71. The van der Waals surface area contributed by atoms with Gasteiger partial charge < -0.3 is 10.1 Å². The predicted octanol–water partition coefficient (Wildman–Crippen LogP) is 3.39. The minimum Gasteiger partial charge on any atom is -0.493 e. The summed E-state index contributed by atoms with van der Waals surface area (Å²) < 4.78 is 5.59. The van der Waals surface area contributed by atoms with Crippen LogP contribution in [0.4, 0.5) is 0 Å². The quantitative estimate of drug-likeness (QED) is 0.804. The molecule has 100 valence electrons. The van der Waals surface area contributed by atoms with Crippen LogP contribution in [0.25, 0.3) is 0 Å². The van der Waals surface area contributed by atoms with Crippen molar-refractivity contribution < 1.29 is 9.53 Å². The Kier molecular flexibility index (Phi) is 6.26. The monoisotopic (exact) mass is 249 g/mol. The summed E-state index contributed by atoms with van der Waals surface area (Å²) >= 11 is 0. The second-order valence-electron chi connectivity index (χ2n) is 4.51. The third-order valence-electron chi connectivity index (χ3n) is 2.69. The normalized spacial score (nSPS) is 11.9. The summed E-state index contributed by atoms with van der Waals surface area (Å²) in [6, 6.07) is 7.59. The fraction of sp³-hybridized carbons (Fsp3) is 0.533. The van der Waals surface area contributed by atoms with Gasteiger partial charge in [0.25, 0.3) is 5.91 Å². The summed E-state index contributed by atoms with van der Waals surface area (Å²) in [5.74, 6) is 0.614. The molecule has 0 radical (unpaired) electrons. The standard InChI is InChI=1S/C15H23NO2/c1-4-8-12(3)16-15(17)13-9-6-7-10-14(13)18-11-5-2/h6-7,9-10,12H,4-5,8,11H2,1-3H3,(H,16,17). The van der Waals surface area contributed by atoms with E-state index in [2.05, 4.69) is 12.2 Å². The van der Waals surface area contributed by atoms with E-state index in [9.17, 15) is 4.79 Å². The number of hydrogen-bond acceptors (Lipinski definition) is 2. The first-order valence-corrected chi connectivity index (χ1v) is 6.71. The fourth-order valence-electron chi connectivity index (χ4n) is 1.80. The number of benzene rings is 1. The zero-order chi connectivity index (χ0) is 13.4. The van der Waals surface area contributed by atoms with Gasteiger partial charge in [0.1, 0.15) is 5.75 Å². The molecule has 0 bridgehead atoms. The molecular formula is C15H23NO2. The molecule has 0 aliphatic carbocycles. The van der Waals surface area contributed by atoms with Crippen molar-refractivity contribution in [2.45, 2.75) is 46.1 Å². The summed E-state index contributed by atoms with van der Waals surface area (Å²) in [4.78, 5) is 12.1. The van der Waals surface area contributed by atoms with Gasteiger partial charge >= 0.3 is 0 Å². The van der Waals surface area contributed by atoms with Gasteiger partial charge in [-0.3, -0.25) is 4.79 Å². The van der Waals surface area contributed by atoms with Crippen LogP contribution in [0.1, 0.15) is 50.4 Å². The summed E-state index contributed by atoms with van der Waals surface area (Å²) in [5, 5.41) is 2.99. The van der Waals surface area contributed by atoms with Crippen molar-refractivity contribution in [1.82, 2.24) is 5.32 Å². The number of para-hydroxylation sites is 1. The third-order valence-corrected chi connectivity index (χ3v) is 2.69. The molecule has 0 saturated heterocycles. The van der Waals surface area contributed by atoms with E-state index in [1.165, 1.54) is 0 Å². The molecule has 0 fully saturated rings. The van der Waals surface area contributed by atoms with Crippen molar-refractivity contribution >= 4 is 5.91 Å². The van der Waals surface area contributed by atoms with Crippen molar-refractivity contribution in [3.8, 4) is 5.75 Å². The zero-order valence-corrected chi connectivity index (χ0v) is 11.5. The van der Waals surface area contributed by atoms with Crippen molar-refractivity contribution in [2.75, 3.05) is 6.61 Å². The van der Waals surface area contributed by atoms with Gasteiger partial charge in [0.2, 0.25) is 0 Å². The van der Waals surface area contributed by atoms with Gasteiger partial charge in [-0.05, 0) is 31.9 Å². The number of rotatable bonds is 7. The first-order valence-electron chi connectivity index (χ1n) is 6.71. The van der Waals surface area contributed by atoms with E-state index in [1.54, 1.807) is 6.07 Å². The lowest BCUT2D eigenvalue weighted by Gasteiger charge is -2.15. The lowest BCUT2D eigenvalue weighted by molar-refractivity contribution is 0.0934. The molecule has 1 atom stereocenters. The topological polar surface area (TPSA) is 38.3 Å². The van der Waals surface area contributed by atoms with Gasteiger partial charge in [-0.2, -0.15) is 0 Å². The number of carbonyl (C=O) groups excluding carboxylic acids is 1. The Labute approximate surface area is 110 Å². The molecule has 1 unspecified atom stereocenters. The molecule has 1 rings (SSSR count). The lowest BCUT2D eigenvalue weighted by atomic mass is 10.1. The van der Waals surface area contributed by atoms with E-state index < -0.39 is 0 Å². The third kappa shape index (κ3) is 4.40. The molecule has 18 heavy (non-hydrogen) atoms. The maximum Gasteiger partial charge on any atom is 0.255 e. The molecule has 3 heteroatoms. The second-order valence-corrected chi connectivity index (χ2v) is 4.51. The number of hydrogen-bond donors (Lipinski definition) is 1. The van der Waals surface area contributed by atoms with E-state index in [1.807, 2.05) is 32.0 Å². The van der Waals surface area contributed by atoms with Gasteiger partial charge in [0.05, 0.1) is 12.2 Å². The first-order chi connectivity index (χ1) is 8.69. The molecule has 1 aromatic rings. The van der Waals surface area contributed by atoms with Gasteiger partial charge in [0.15, 0.2) is 0 Å². The van der Waals surface area contributed by atoms with Gasteiger partial charge in [0, 0.05) is 6.04 Å². The highest BCUT2D eigenvalue weighted by atomic mass is 16.5. The lowest BCUT2D eigenvalue weighted by Crippen LogP contribution is -2.32. The van der Waals surface area contributed by atoms with Crippen LogP contribution >= 0.6 is 0 Å². The van der Waals surface area contributed by atoms with E-state index in [-0.39, 0.29) is 11.9 Å².